The van der Waals surface area contributed by atoms with Gasteiger partial charge in [-0.05, 0) is 62.7 Å². The van der Waals surface area contributed by atoms with Crippen LogP contribution in [0, 0.1) is 10.1 Å². The molecule has 21 heavy (non-hydrogen) atoms. The van der Waals surface area contributed by atoms with Crippen molar-refractivity contribution in [1.82, 2.24) is 5.32 Å². The van der Waals surface area contributed by atoms with Crippen LogP contribution in [0.1, 0.15) is 5.56 Å². The minimum absolute atomic E-state index is 0.0874. The number of halogens is 2. The molecule has 2 rings (SSSR count). The van der Waals surface area contributed by atoms with E-state index in [1.807, 2.05) is 19.2 Å². The van der Waals surface area contributed by atoms with Gasteiger partial charge in [-0.3, -0.25) is 10.1 Å². The van der Waals surface area contributed by atoms with Crippen LogP contribution in [0.3, 0.4) is 0 Å². The van der Waals surface area contributed by atoms with Crippen molar-refractivity contribution in [3.05, 3.63) is 61.0 Å². The van der Waals surface area contributed by atoms with Crippen LogP contribution in [0.25, 0.3) is 0 Å². The maximum atomic E-state index is 11.1. The summed E-state index contributed by atoms with van der Waals surface area (Å²) in [6.45, 7) is 0.730. The van der Waals surface area contributed by atoms with Crippen LogP contribution >= 0.6 is 31.9 Å². The Morgan fingerprint density at radius 2 is 2.00 bits per heavy atom. The zero-order valence-electron chi connectivity index (χ0n) is 11.1. The highest BCUT2D eigenvalue weighted by Crippen LogP contribution is 2.40. The molecule has 0 aromatic heterocycles. The lowest BCUT2D eigenvalue weighted by Crippen LogP contribution is -2.04. The van der Waals surface area contributed by atoms with Crippen molar-refractivity contribution in [2.75, 3.05) is 7.05 Å². The lowest BCUT2D eigenvalue weighted by Gasteiger charge is -2.11. The third kappa shape index (κ3) is 3.81. The summed E-state index contributed by atoms with van der Waals surface area (Å²) in [5.41, 5.74) is 0.994. The van der Waals surface area contributed by atoms with Gasteiger partial charge < -0.3 is 10.1 Å². The Balaban J connectivity index is 2.37. The van der Waals surface area contributed by atoms with E-state index in [1.54, 1.807) is 18.2 Å². The van der Waals surface area contributed by atoms with E-state index in [-0.39, 0.29) is 11.4 Å². The lowest BCUT2D eigenvalue weighted by atomic mass is 10.2. The van der Waals surface area contributed by atoms with Crippen molar-refractivity contribution in [3.8, 4) is 11.5 Å². The van der Waals surface area contributed by atoms with Gasteiger partial charge in [0, 0.05) is 12.6 Å². The normalized spacial score (nSPS) is 10.4. The van der Waals surface area contributed by atoms with E-state index in [9.17, 15) is 10.1 Å². The fourth-order valence-electron chi connectivity index (χ4n) is 1.79. The van der Waals surface area contributed by atoms with Crippen LogP contribution in [0.4, 0.5) is 5.69 Å². The van der Waals surface area contributed by atoms with E-state index in [1.165, 1.54) is 6.07 Å². The molecule has 7 heteroatoms. The summed E-state index contributed by atoms with van der Waals surface area (Å²) in [7, 11) is 1.86. The molecule has 110 valence electrons. The Morgan fingerprint density at radius 1 is 1.24 bits per heavy atom. The summed E-state index contributed by atoms with van der Waals surface area (Å²) in [5.74, 6) is 0.703. The zero-order chi connectivity index (χ0) is 15.4. The molecule has 0 bridgehead atoms. The first kappa shape index (κ1) is 15.9. The number of hydrogen-bond donors (Lipinski definition) is 1. The molecule has 0 amide bonds. The summed E-state index contributed by atoms with van der Waals surface area (Å²) in [6.07, 6.45) is 0. The molecule has 2 aromatic carbocycles. The van der Waals surface area contributed by atoms with E-state index < -0.39 is 4.92 Å². The van der Waals surface area contributed by atoms with E-state index in [0.29, 0.717) is 10.2 Å². The van der Waals surface area contributed by atoms with Gasteiger partial charge in [-0.1, -0.05) is 12.1 Å². The van der Waals surface area contributed by atoms with Crippen molar-refractivity contribution in [2.24, 2.45) is 0 Å². The van der Waals surface area contributed by atoms with Crippen LogP contribution in [-0.2, 0) is 6.54 Å². The predicted molar refractivity (Wildman–Crippen MR) is 87.8 cm³/mol. The highest BCUT2D eigenvalue weighted by atomic mass is 79.9. The highest BCUT2D eigenvalue weighted by molar-refractivity contribution is 9.11. The van der Waals surface area contributed by atoms with Crippen LogP contribution < -0.4 is 10.1 Å². The first-order valence-corrected chi connectivity index (χ1v) is 7.65. The number of nitrogens with zero attached hydrogens (tertiary/aromatic N) is 1. The van der Waals surface area contributed by atoms with Gasteiger partial charge in [-0.2, -0.15) is 0 Å². The second-order valence-electron chi connectivity index (χ2n) is 4.24. The van der Waals surface area contributed by atoms with Crippen molar-refractivity contribution >= 4 is 37.5 Å². The van der Waals surface area contributed by atoms with Crippen LogP contribution in [-0.4, -0.2) is 12.0 Å². The van der Waals surface area contributed by atoms with E-state index in [0.717, 1.165) is 16.6 Å². The summed E-state index contributed by atoms with van der Waals surface area (Å²) < 4.78 is 6.98. The molecule has 0 aliphatic rings. The molecule has 0 saturated carbocycles. The number of nitrogens with one attached hydrogen (secondary N) is 1. The largest absolute Gasteiger partial charge is 0.448 e. The van der Waals surface area contributed by atoms with Gasteiger partial charge in [-0.15, -0.1) is 0 Å². The number of rotatable bonds is 5. The molecule has 0 heterocycles. The molecular formula is C14H12Br2N2O3. The van der Waals surface area contributed by atoms with E-state index in [4.69, 9.17) is 4.74 Å². The highest BCUT2D eigenvalue weighted by Gasteiger charge is 2.19. The summed E-state index contributed by atoms with van der Waals surface area (Å²) >= 11 is 6.70. The molecule has 0 radical (unpaired) electrons. The van der Waals surface area contributed by atoms with Gasteiger partial charge in [0.25, 0.3) is 0 Å². The smallest absolute Gasteiger partial charge is 0.312 e. The minimum atomic E-state index is -0.469. The molecule has 0 saturated heterocycles. The third-order valence-corrected chi connectivity index (χ3v) is 3.98. The number of para-hydroxylation sites is 1. The van der Waals surface area contributed by atoms with Crippen LogP contribution in [0.2, 0.25) is 0 Å². The lowest BCUT2D eigenvalue weighted by molar-refractivity contribution is -0.385. The number of ether oxygens (including phenoxy) is 1. The third-order valence-electron chi connectivity index (χ3n) is 2.73. The topological polar surface area (TPSA) is 64.4 Å². The molecule has 0 aliphatic heterocycles. The molecule has 0 aliphatic carbocycles. The Bertz CT molecular complexity index is 677. The van der Waals surface area contributed by atoms with E-state index >= 15 is 0 Å². The van der Waals surface area contributed by atoms with Gasteiger partial charge in [0.15, 0.2) is 0 Å². The van der Waals surface area contributed by atoms with Crippen LogP contribution in [0.15, 0.2) is 45.3 Å². The summed E-state index contributed by atoms with van der Waals surface area (Å²) in [4.78, 5) is 10.6. The molecule has 0 spiro atoms. The average Bonchev–Trinajstić information content (AvgIpc) is 2.43. The first-order valence-electron chi connectivity index (χ1n) is 6.06. The first-order chi connectivity index (χ1) is 10.0. The van der Waals surface area contributed by atoms with Gasteiger partial charge in [-0.25, -0.2) is 0 Å². The second kappa shape index (κ2) is 7.02. The van der Waals surface area contributed by atoms with E-state index in [2.05, 4.69) is 37.2 Å². The maximum Gasteiger partial charge on any atom is 0.312 e. The average molecular weight is 416 g/mol. The number of nitro groups is 1. The van der Waals surface area contributed by atoms with Gasteiger partial charge in [0.2, 0.25) is 5.75 Å². The predicted octanol–water partition coefficient (Wildman–Crippen LogP) is 4.63. The van der Waals surface area contributed by atoms with Gasteiger partial charge >= 0.3 is 5.69 Å². The fourth-order valence-corrected chi connectivity index (χ4v) is 2.74. The second-order valence-corrected chi connectivity index (χ2v) is 5.95. The zero-order valence-corrected chi connectivity index (χ0v) is 14.3. The molecule has 0 unspecified atom stereocenters. The summed E-state index contributed by atoms with van der Waals surface area (Å²) in [6, 6.07) is 10.3. The number of benzene rings is 2. The Labute approximate surface area is 138 Å². The molecule has 2 aromatic rings. The molecule has 0 fully saturated rings. The quantitative estimate of drug-likeness (QED) is 0.571. The van der Waals surface area contributed by atoms with Crippen molar-refractivity contribution in [2.45, 2.75) is 6.54 Å². The standard InChI is InChI=1S/C14H12Br2N2O3/c1-17-8-9-5-6-13(11(16)7-9)21-14-10(15)3-2-4-12(14)18(19)20/h2-7,17H,8H2,1H3. The van der Waals surface area contributed by atoms with Gasteiger partial charge in [0.1, 0.15) is 5.75 Å². The maximum absolute atomic E-state index is 11.1. The molecular weight excluding hydrogens is 404 g/mol. The Kier molecular flexibility index (Phi) is 5.33. The number of hydrogen-bond acceptors (Lipinski definition) is 4. The van der Waals surface area contributed by atoms with Crippen molar-refractivity contribution < 1.29 is 9.66 Å². The Morgan fingerprint density at radius 3 is 2.62 bits per heavy atom. The van der Waals surface area contributed by atoms with Gasteiger partial charge in [0.05, 0.1) is 13.9 Å². The fraction of sp³-hybridized carbons (Fsp3) is 0.143. The monoisotopic (exact) mass is 414 g/mol. The van der Waals surface area contributed by atoms with Crippen molar-refractivity contribution in [3.63, 3.8) is 0 Å². The molecule has 5 nitrogen and oxygen atoms in total. The van der Waals surface area contributed by atoms with Crippen molar-refractivity contribution in [1.29, 1.82) is 0 Å². The Hall–Kier alpha value is -1.44. The summed E-state index contributed by atoms with van der Waals surface area (Å²) in [5, 5.41) is 14.1. The SMILES string of the molecule is CNCc1ccc(Oc2c(Br)cccc2[N+](=O)[O-])c(Br)c1. The molecule has 1 N–H and O–H groups in total. The molecule has 0 atom stereocenters. The number of nitro benzene ring substituents is 1. The van der Waals surface area contributed by atoms with Crippen LogP contribution in [0.5, 0.6) is 11.5 Å². The minimum Gasteiger partial charge on any atom is -0.448 e.